The predicted octanol–water partition coefficient (Wildman–Crippen LogP) is 1.59. The Kier molecular flexibility index (Phi) is 2.51. The minimum Gasteiger partial charge on any atom is -0.371 e. The van der Waals surface area contributed by atoms with Crippen molar-refractivity contribution >= 4 is 0 Å². The van der Waals surface area contributed by atoms with Crippen molar-refractivity contribution in [2.75, 3.05) is 13.2 Å². The van der Waals surface area contributed by atoms with Crippen molar-refractivity contribution in [2.45, 2.75) is 32.0 Å². The number of fused-ring (bicyclic) bond motifs is 1. The molecule has 0 aromatic rings. The van der Waals surface area contributed by atoms with Crippen molar-refractivity contribution in [3.8, 4) is 0 Å². The van der Waals surface area contributed by atoms with E-state index >= 15 is 0 Å². The molecule has 0 radical (unpaired) electrons. The summed E-state index contributed by atoms with van der Waals surface area (Å²) in [5.74, 6) is 0. The molecule has 0 bridgehead atoms. The van der Waals surface area contributed by atoms with Crippen LogP contribution in [-0.2, 0) is 4.74 Å². The number of hydrogen-bond donors (Lipinski definition) is 0. The first-order valence-corrected chi connectivity index (χ1v) is 5.01. The molecule has 0 aromatic carbocycles. The largest absolute Gasteiger partial charge is 0.371 e. The highest BCUT2D eigenvalue weighted by atomic mass is 16.5. The smallest absolute Gasteiger partial charge is 0.0950 e. The maximum atomic E-state index is 5.68. The average molecular weight is 179 g/mol. The van der Waals surface area contributed by atoms with Crippen LogP contribution in [0.5, 0.6) is 0 Å². The van der Waals surface area contributed by atoms with E-state index in [1.807, 2.05) is 0 Å². The van der Waals surface area contributed by atoms with Crippen LogP contribution in [0.3, 0.4) is 0 Å². The van der Waals surface area contributed by atoms with E-state index in [1.54, 1.807) is 0 Å². The summed E-state index contributed by atoms with van der Waals surface area (Å²) >= 11 is 0. The lowest BCUT2D eigenvalue weighted by Gasteiger charge is -2.41. The third-order valence-electron chi connectivity index (χ3n) is 2.76. The van der Waals surface area contributed by atoms with Crippen LogP contribution < -0.4 is 0 Å². The van der Waals surface area contributed by atoms with Gasteiger partial charge in [-0.2, -0.15) is 0 Å². The number of nitrogens with zero attached hydrogens (tertiary/aromatic N) is 1. The molecule has 2 unspecified atom stereocenters. The van der Waals surface area contributed by atoms with Gasteiger partial charge in [0, 0.05) is 12.6 Å². The maximum Gasteiger partial charge on any atom is 0.0950 e. The molecule has 1 aliphatic heterocycles. The van der Waals surface area contributed by atoms with Crippen molar-refractivity contribution in [3.63, 3.8) is 0 Å². The van der Waals surface area contributed by atoms with Gasteiger partial charge in [0.15, 0.2) is 0 Å². The fraction of sp³-hybridized carbons (Fsp3) is 0.636. The Labute approximate surface area is 79.9 Å². The number of ether oxygens (including phenoxy) is 1. The molecule has 1 heterocycles. The summed E-state index contributed by atoms with van der Waals surface area (Å²) < 4.78 is 5.68. The van der Waals surface area contributed by atoms with Crippen LogP contribution in [0.2, 0.25) is 0 Å². The van der Waals surface area contributed by atoms with Crippen molar-refractivity contribution in [2.24, 2.45) is 0 Å². The summed E-state index contributed by atoms with van der Waals surface area (Å²) in [6, 6.07) is 1.06. The molecule has 0 spiro atoms. The molecule has 0 N–H and O–H groups in total. The van der Waals surface area contributed by atoms with Crippen LogP contribution in [0.1, 0.15) is 13.8 Å². The van der Waals surface area contributed by atoms with E-state index < -0.39 is 0 Å². The first-order chi connectivity index (χ1) is 6.29. The van der Waals surface area contributed by atoms with Crippen LogP contribution in [-0.4, -0.2) is 36.2 Å². The average Bonchev–Trinajstić information content (AvgIpc) is 2.17. The molecular weight excluding hydrogens is 162 g/mol. The van der Waals surface area contributed by atoms with Crippen LogP contribution in [0, 0.1) is 0 Å². The van der Waals surface area contributed by atoms with E-state index in [9.17, 15) is 0 Å². The highest BCUT2D eigenvalue weighted by Gasteiger charge is 2.30. The van der Waals surface area contributed by atoms with Gasteiger partial charge in [0.2, 0.25) is 0 Å². The molecule has 0 aromatic heterocycles. The number of hydrogen-bond acceptors (Lipinski definition) is 2. The zero-order valence-electron chi connectivity index (χ0n) is 8.31. The van der Waals surface area contributed by atoms with Gasteiger partial charge in [-0.25, -0.2) is 0 Å². The monoisotopic (exact) mass is 179 g/mol. The minimum absolute atomic E-state index is 0.279. The Balaban J connectivity index is 2.13. The molecule has 2 nitrogen and oxygen atoms in total. The summed E-state index contributed by atoms with van der Waals surface area (Å²) in [6.07, 6.45) is 8.86. The lowest BCUT2D eigenvalue weighted by molar-refractivity contribution is -0.0434. The van der Waals surface area contributed by atoms with Crippen LogP contribution >= 0.6 is 0 Å². The van der Waals surface area contributed by atoms with E-state index in [1.165, 1.54) is 0 Å². The Hall–Kier alpha value is -0.600. The normalized spacial score (nSPS) is 33.8. The van der Waals surface area contributed by atoms with Gasteiger partial charge in [-0.15, -0.1) is 0 Å². The summed E-state index contributed by atoms with van der Waals surface area (Å²) in [4.78, 5) is 2.49. The van der Waals surface area contributed by atoms with E-state index in [2.05, 4.69) is 43.1 Å². The van der Waals surface area contributed by atoms with Gasteiger partial charge in [0.1, 0.15) is 0 Å². The molecular formula is C11H17NO. The van der Waals surface area contributed by atoms with Crippen molar-refractivity contribution < 1.29 is 4.74 Å². The number of morpholine rings is 1. The minimum atomic E-state index is 0.279. The van der Waals surface area contributed by atoms with E-state index in [0.29, 0.717) is 12.1 Å². The lowest BCUT2D eigenvalue weighted by atomic mass is 10.0. The molecule has 2 aliphatic rings. The van der Waals surface area contributed by atoms with Gasteiger partial charge in [-0.05, 0) is 13.8 Å². The molecule has 0 saturated carbocycles. The summed E-state index contributed by atoms with van der Waals surface area (Å²) in [7, 11) is 0. The molecule has 0 amide bonds. The first-order valence-electron chi connectivity index (χ1n) is 5.01. The Morgan fingerprint density at radius 1 is 1.31 bits per heavy atom. The zero-order valence-corrected chi connectivity index (χ0v) is 8.31. The van der Waals surface area contributed by atoms with Gasteiger partial charge in [0.25, 0.3) is 0 Å². The Morgan fingerprint density at radius 3 is 2.85 bits per heavy atom. The van der Waals surface area contributed by atoms with Crippen LogP contribution in [0.4, 0.5) is 0 Å². The molecule has 2 heteroatoms. The Morgan fingerprint density at radius 2 is 2.08 bits per heavy atom. The third-order valence-corrected chi connectivity index (χ3v) is 2.76. The third kappa shape index (κ3) is 1.69. The van der Waals surface area contributed by atoms with Crippen LogP contribution in [0.25, 0.3) is 0 Å². The van der Waals surface area contributed by atoms with E-state index in [-0.39, 0.29) is 6.10 Å². The zero-order chi connectivity index (χ0) is 9.26. The van der Waals surface area contributed by atoms with Gasteiger partial charge in [-0.1, -0.05) is 24.3 Å². The van der Waals surface area contributed by atoms with Gasteiger partial charge >= 0.3 is 0 Å². The summed E-state index contributed by atoms with van der Waals surface area (Å²) in [6.45, 7) is 6.40. The molecule has 1 fully saturated rings. The highest BCUT2D eigenvalue weighted by molar-refractivity contribution is 5.19. The second kappa shape index (κ2) is 3.64. The quantitative estimate of drug-likeness (QED) is 0.606. The molecule has 2 atom stereocenters. The van der Waals surface area contributed by atoms with Crippen molar-refractivity contribution in [1.29, 1.82) is 0 Å². The fourth-order valence-electron chi connectivity index (χ4n) is 2.07. The maximum absolute atomic E-state index is 5.68. The van der Waals surface area contributed by atoms with Gasteiger partial charge < -0.3 is 4.74 Å². The molecule has 72 valence electrons. The molecule has 1 saturated heterocycles. The summed E-state index contributed by atoms with van der Waals surface area (Å²) in [5.41, 5.74) is 0. The summed E-state index contributed by atoms with van der Waals surface area (Å²) in [5, 5.41) is 0. The van der Waals surface area contributed by atoms with Crippen molar-refractivity contribution in [1.82, 2.24) is 4.90 Å². The standard InChI is InChI=1S/C11H17NO/c1-9(2)12-7-8-13-11-6-4-3-5-10(11)12/h3-6,9-11H,7-8H2,1-2H3. The van der Waals surface area contributed by atoms with Gasteiger partial charge in [-0.3, -0.25) is 4.90 Å². The molecule has 2 rings (SSSR count). The van der Waals surface area contributed by atoms with E-state index in [0.717, 1.165) is 13.2 Å². The lowest BCUT2D eigenvalue weighted by Crippen LogP contribution is -2.52. The second-order valence-electron chi connectivity index (χ2n) is 3.93. The highest BCUT2D eigenvalue weighted by Crippen LogP contribution is 2.21. The second-order valence-corrected chi connectivity index (χ2v) is 3.93. The number of allylic oxidation sites excluding steroid dienone is 2. The SMILES string of the molecule is CC(C)N1CCOC2C=CC=CC21. The van der Waals surface area contributed by atoms with E-state index in [4.69, 9.17) is 4.74 Å². The molecule has 1 aliphatic carbocycles. The number of rotatable bonds is 1. The fourth-order valence-corrected chi connectivity index (χ4v) is 2.07. The Bertz CT molecular complexity index is 232. The van der Waals surface area contributed by atoms with Gasteiger partial charge in [0.05, 0.1) is 18.8 Å². The van der Waals surface area contributed by atoms with Crippen molar-refractivity contribution in [3.05, 3.63) is 24.3 Å². The first kappa shape index (κ1) is 8.97. The molecule has 13 heavy (non-hydrogen) atoms. The van der Waals surface area contributed by atoms with Crippen LogP contribution in [0.15, 0.2) is 24.3 Å². The topological polar surface area (TPSA) is 12.5 Å². The predicted molar refractivity (Wildman–Crippen MR) is 53.7 cm³/mol.